The van der Waals surface area contributed by atoms with Crippen molar-refractivity contribution in [2.45, 2.75) is 17.9 Å². The highest BCUT2D eigenvalue weighted by molar-refractivity contribution is 7.89. The third-order valence-corrected chi connectivity index (χ3v) is 4.75. The Morgan fingerprint density at radius 2 is 2.33 bits per heavy atom. The number of carboxylic acid groups (broad SMARTS) is 1. The summed E-state index contributed by atoms with van der Waals surface area (Å²) in [5.74, 6) is -1.00. The lowest BCUT2D eigenvalue weighted by molar-refractivity contribution is -0.137. The first-order valence-corrected chi connectivity index (χ1v) is 7.03. The molecule has 2 rings (SSSR count). The molecule has 0 saturated carbocycles. The molecule has 1 aromatic heterocycles. The van der Waals surface area contributed by atoms with Gasteiger partial charge in [0.05, 0.1) is 6.33 Å². The van der Waals surface area contributed by atoms with Crippen LogP contribution in [0.1, 0.15) is 12.8 Å². The topological polar surface area (TPSA) is 92.5 Å². The van der Waals surface area contributed by atoms with Gasteiger partial charge in [0.15, 0.2) is 5.03 Å². The van der Waals surface area contributed by atoms with E-state index in [0.717, 1.165) is 0 Å². The largest absolute Gasteiger partial charge is 0.481 e. The van der Waals surface area contributed by atoms with E-state index in [1.807, 2.05) is 0 Å². The Bertz CT molecular complexity index is 551. The molecule has 1 saturated heterocycles. The summed E-state index contributed by atoms with van der Waals surface area (Å²) in [5, 5.41) is 8.71. The zero-order valence-corrected chi connectivity index (χ0v) is 10.8. The third kappa shape index (κ3) is 2.54. The molecule has 7 nitrogen and oxygen atoms in total. The maximum atomic E-state index is 12.2. The third-order valence-electron chi connectivity index (χ3n) is 3.00. The van der Waals surface area contributed by atoms with Crippen molar-refractivity contribution in [3.05, 3.63) is 12.5 Å². The van der Waals surface area contributed by atoms with Crippen LogP contribution in [0.25, 0.3) is 0 Å². The van der Waals surface area contributed by atoms with Gasteiger partial charge in [-0.15, -0.1) is 0 Å². The minimum Gasteiger partial charge on any atom is -0.481 e. The van der Waals surface area contributed by atoms with Gasteiger partial charge < -0.3 is 9.67 Å². The Kier molecular flexibility index (Phi) is 3.40. The summed E-state index contributed by atoms with van der Waals surface area (Å²) in [7, 11) is -1.88. The number of hydrogen-bond donors (Lipinski definition) is 1. The molecule has 1 aliphatic heterocycles. The molecule has 1 unspecified atom stereocenters. The molecule has 0 radical (unpaired) electrons. The van der Waals surface area contributed by atoms with Crippen LogP contribution < -0.4 is 0 Å². The second kappa shape index (κ2) is 4.69. The average molecular weight is 273 g/mol. The summed E-state index contributed by atoms with van der Waals surface area (Å²) < 4.78 is 27.2. The van der Waals surface area contributed by atoms with Crippen molar-refractivity contribution in [1.82, 2.24) is 13.9 Å². The van der Waals surface area contributed by atoms with Crippen molar-refractivity contribution < 1.29 is 18.3 Å². The average Bonchev–Trinajstić information content (AvgIpc) is 2.86. The van der Waals surface area contributed by atoms with Crippen LogP contribution in [0.4, 0.5) is 0 Å². The van der Waals surface area contributed by atoms with Crippen LogP contribution in [0.3, 0.4) is 0 Å². The number of imidazole rings is 1. The zero-order chi connectivity index (χ0) is 13.3. The second-order valence-electron chi connectivity index (χ2n) is 4.49. The fourth-order valence-corrected chi connectivity index (χ4v) is 3.58. The maximum absolute atomic E-state index is 12.2. The van der Waals surface area contributed by atoms with Crippen molar-refractivity contribution >= 4 is 16.0 Å². The van der Waals surface area contributed by atoms with Gasteiger partial charge in [-0.25, -0.2) is 13.4 Å². The van der Waals surface area contributed by atoms with Crippen molar-refractivity contribution in [3.8, 4) is 0 Å². The highest BCUT2D eigenvalue weighted by Gasteiger charge is 2.34. The van der Waals surface area contributed by atoms with Crippen molar-refractivity contribution in [3.63, 3.8) is 0 Å². The molecule has 2 heterocycles. The molecular formula is C10H15N3O4S. The van der Waals surface area contributed by atoms with Crippen molar-refractivity contribution in [2.24, 2.45) is 13.0 Å². The number of hydrogen-bond acceptors (Lipinski definition) is 4. The summed E-state index contributed by atoms with van der Waals surface area (Å²) in [5.41, 5.74) is 0. The molecule has 1 fully saturated rings. The van der Waals surface area contributed by atoms with E-state index < -0.39 is 16.0 Å². The Hall–Kier alpha value is -1.41. The lowest BCUT2D eigenvalue weighted by Gasteiger charge is -2.14. The number of sulfonamides is 1. The van der Waals surface area contributed by atoms with E-state index in [1.165, 1.54) is 16.8 Å². The molecule has 1 atom stereocenters. The number of carbonyl (C=O) groups is 1. The van der Waals surface area contributed by atoms with E-state index in [0.29, 0.717) is 13.0 Å². The highest BCUT2D eigenvalue weighted by atomic mass is 32.2. The van der Waals surface area contributed by atoms with Crippen molar-refractivity contribution in [2.75, 3.05) is 13.1 Å². The molecule has 0 amide bonds. The Morgan fingerprint density at radius 1 is 1.61 bits per heavy atom. The molecule has 0 spiro atoms. The fourth-order valence-electron chi connectivity index (χ4n) is 2.08. The van der Waals surface area contributed by atoms with Gasteiger partial charge in [0, 0.05) is 32.8 Å². The van der Waals surface area contributed by atoms with E-state index >= 15 is 0 Å². The first kappa shape index (κ1) is 13.0. The van der Waals surface area contributed by atoms with Crippen LogP contribution in [-0.2, 0) is 21.9 Å². The zero-order valence-electron chi connectivity index (χ0n) is 9.98. The van der Waals surface area contributed by atoms with Crippen LogP contribution in [0, 0.1) is 5.92 Å². The Morgan fingerprint density at radius 3 is 2.89 bits per heavy atom. The summed E-state index contributed by atoms with van der Waals surface area (Å²) in [6.45, 7) is 0.613. The normalized spacial score (nSPS) is 21.3. The molecular weight excluding hydrogens is 258 g/mol. The van der Waals surface area contributed by atoms with E-state index in [4.69, 9.17) is 5.11 Å². The molecule has 1 aromatic rings. The van der Waals surface area contributed by atoms with Gasteiger partial charge in [-0.1, -0.05) is 0 Å². The van der Waals surface area contributed by atoms with Gasteiger partial charge in [0.2, 0.25) is 0 Å². The minimum absolute atomic E-state index is 0.00817. The van der Waals surface area contributed by atoms with Crippen LogP contribution >= 0.6 is 0 Å². The van der Waals surface area contributed by atoms with E-state index in [-0.39, 0.29) is 23.9 Å². The van der Waals surface area contributed by atoms with Crippen LogP contribution in [0.5, 0.6) is 0 Å². The molecule has 8 heteroatoms. The Balaban J connectivity index is 2.11. The van der Waals surface area contributed by atoms with Crippen LogP contribution in [0.2, 0.25) is 0 Å². The number of aromatic nitrogens is 2. The minimum atomic E-state index is -3.58. The van der Waals surface area contributed by atoms with Gasteiger partial charge in [0.1, 0.15) is 0 Å². The van der Waals surface area contributed by atoms with Crippen LogP contribution in [-0.4, -0.2) is 46.4 Å². The van der Waals surface area contributed by atoms with Crippen molar-refractivity contribution in [1.29, 1.82) is 0 Å². The standard InChI is InChI=1S/C10H15N3O4S/c1-12-6-9(11-7-12)18(16,17)13-3-2-8(5-13)4-10(14)15/h6-8H,2-5H2,1H3,(H,14,15). The summed E-state index contributed by atoms with van der Waals surface area (Å²) >= 11 is 0. The molecule has 1 aliphatic rings. The first-order chi connectivity index (χ1) is 8.39. The molecule has 100 valence electrons. The maximum Gasteiger partial charge on any atom is 0.303 e. The number of rotatable bonds is 4. The van der Waals surface area contributed by atoms with Gasteiger partial charge in [-0.2, -0.15) is 4.31 Å². The predicted molar refractivity (Wildman–Crippen MR) is 62.3 cm³/mol. The summed E-state index contributed by atoms with van der Waals surface area (Å²) in [6.07, 6.45) is 3.46. The number of aliphatic carboxylic acids is 1. The number of aryl methyl sites for hydroxylation is 1. The molecule has 0 aromatic carbocycles. The summed E-state index contributed by atoms with van der Waals surface area (Å²) in [6, 6.07) is 0. The molecule has 0 bridgehead atoms. The molecule has 0 aliphatic carbocycles. The smallest absolute Gasteiger partial charge is 0.303 e. The SMILES string of the molecule is Cn1cnc(S(=O)(=O)N2CCC(CC(=O)O)C2)c1. The monoisotopic (exact) mass is 273 g/mol. The van der Waals surface area contributed by atoms with E-state index in [9.17, 15) is 13.2 Å². The molecule has 1 N–H and O–H groups in total. The first-order valence-electron chi connectivity index (χ1n) is 5.59. The van der Waals surface area contributed by atoms with E-state index in [1.54, 1.807) is 11.6 Å². The number of carboxylic acids is 1. The van der Waals surface area contributed by atoms with Gasteiger partial charge in [-0.05, 0) is 12.3 Å². The fraction of sp³-hybridized carbons (Fsp3) is 0.600. The quantitative estimate of drug-likeness (QED) is 0.827. The van der Waals surface area contributed by atoms with Gasteiger partial charge in [-0.3, -0.25) is 4.79 Å². The summed E-state index contributed by atoms with van der Waals surface area (Å²) in [4.78, 5) is 14.4. The Labute approximate surface area is 105 Å². The van der Waals surface area contributed by atoms with Gasteiger partial charge in [0.25, 0.3) is 10.0 Å². The highest BCUT2D eigenvalue weighted by Crippen LogP contribution is 2.25. The predicted octanol–water partition coefficient (Wildman–Crippen LogP) is -0.0946. The lowest BCUT2D eigenvalue weighted by atomic mass is 10.1. The lowest BCUT2D eigenvalue weighted by Crippen LogP contribution is -2.29. The second-order valence-corrected chi connectivity index (χ2v) is 6.38. The van der Waals surface area contributed by atoms with Crippen LogP contribution in [0.15, 0.2) is 17.6 Å². The van der Waals surface area contributed by atoms with Gasteiger partial charge >= 0.3 is 5.97 Å². The number of nitrogens with zero attached hydrogens (tertiary/aromatic N) is 3. The molecule has 18 heavy (non-hydrogen) atoms. The van der Waals surface area contributed by atoms with E-state index in [2.05, 4.69) is 4.98 Å².